The zero-order valence-corrected chi connectivity index (χ0v) is 13.5. The van der Waals surface area contributed by atoms with Gasteiger partial charge in [0.25, 0.3) is 0 Å². The smallest absolute Gasteiger partial charge is 0.320 e. The van der Waals surface area contributed by atoms with E-state index in [-0.39, 0.29) is 12.0 Å². The van der Waals surface area contributed by atoms with Crippen LogP contribution in [0.4, 0.5) is 10.6 Å². The Labute approximate surface area is 146 Å². The number of nitrogens with two attached hydrogens (primary N) is 1. The second kappa shape index (κ2) is 5.65. The molecule has 5 heteroatoms. The number of urea groups is 1. The highest BCUT2D eigenvalue weighted by atomic mass is 16.2. The summed E-state index contributed by atoms with van der Waals surface area (Å²) in [5, 5.41) is 8.91. The van der Waals surface area contributed by atoms with Crippen molar-refractivity contribution >= 4 is 11.8 Å². The van der Waals surface area contributed by atoms with Gasteiger partial charge in [0.05, 0.1) is 11.6 Å². The molecular weight excluding hydrogens is 312 g/mol. The van der Waals surface area contributed by atoms with E-state index < -0.39 is 6.03 Å². The molecule has 0 bridgehead atoms. The summed E-state index contributed by atoms with van der Waals surface area (Å²) >= 11 is 0. The quantitative estimate of drug-likeness (QED) is 0.860. The average Bonchev–Trinajstić information content (AvgIpc) is 3.36. The van der Waals surface area contributed by atoms with Gasteiger partial charge in [-0.05, 0) is 54.2 Å². The normalized spacial score (nSPS) is 22.7. The van der Waals surface area contributed by atoms with Gasteiger partial charge in [-0.15, -0.1) is 6.42 Å². The molecule has 1 unspecified atom stereocenters. The molecule has 2 N–H and O–H groups in total. The molecule has 2 aromatic rings. The molecule has 4 rings (SSSR count). The number of rotatable bonds is 2. The Kier molecular flexibility index (Phi) is 3.44. The molecular formula is C20H16N4O. The number of terminal acetylenes is 1. The van der Waals surface area contributed by atoms with Gasteiger partial charge < -0.3 is 5.73 Å². The Morgan fingerprint density at radius 3 is 2.76 bits per heavy atom. The lowest BCUT2D eigenvalue weighted by atomic mass is 9.90. The number of aryl methyl sites for hydroxylation is 1. The number of fused-ring (bicyclic) bond motifs is 3. The molecule has 0 spiro atoms. The topological polar surface area (TPSA) is 83.0 Å². The Morgan fingerprint density at radius 1 is 1.32 bits per heavy atom. The highest BCUT2D eigenvalue weighted by Crippen LogP contribution is 2.57. The number of amides is 2. The number of aromatic nitrogens is 1. The first-order chi connectivity index (χ1) is 12.1. The second-order valence-corrected chi connectivity index (χ2v) is 6.50. The second-order valence-electron chi connectivity index (χ2n) is 6.50. The summed E-state index contributed by atoms with van der Waals surface area (Å²) in [6.07, 6.45) is 8.91. The van der Waals surface area contributed by atoms with E-state index in [4.69, 9.17) is 17.4 Å². The van der Waals surface area contributed by atoms with Crippen molar-refractivity contribution in [3.63, 3.8) is 0 Å². The van der Waals surface area contributed by atoms with E-state index in [1.807, 2.05) is 12.1 Å². The maximum absolute atomic E-state index is 12.1. The van der Waals surface area contributed by atoms with Crippen LogP contribution in [0.15, 0.2) is 36.5 Å². The molecule has 0 radical (unpaired) electrons. The zero-order chi connectivity index (χ0) is 17.6. The van der Waals surface area contributed by atoms with Crippen molar-refractivity contribution in [1.82, 2.24) is 4.98 Å². The number of anilines is 1. The predicted molar refractivity (Wildman–Crippen MR) is 93.7 cm³/mol. The van der Waals surface area contributed by atoms with Gasteiger partial charge in [0.2, 0.25) is 0 Å². The first-order valence-electron chi connectivity index (χ1n) is 8.18. The first-order valence-corrected chi connectivity index (χ1v) is 8.18. The van der Waals surface area contributed by atoms with Crippen LogP contribution in [0, 0.1) is 29.6 Å². The molecule has 1 aromatic carbocycles. The van der Waals surface area contributed by atoms with Crippen molar-refractivity contribution in [1.29, 1.82) is 5.26 Å². The molecule has 122 valence electrons. The van der Waals surface area contributed by atoms with Gasteiger partial charge in [0.1, 0.15) is 11.9 Å². The summed E-state index contributed by atoms with van der Waals surface area (Å²) in [4.78, 5) is 17.9. The number of hydrogen-bond acceptors (Lipinski definition) is 3. The first kappa shape index (κ1) is 15.2. The van der Waals surface area contributed by atoms with Crippen molar-refractivity contribution in [3.05, 3.63) is 58.8 Å². The van der Waals surface area contributed by atoms with Crippen LogP contribution < -0.4 is 10.6 Å². The van der Waals surface area contributed by atoms with E-state index in [0.717, 1.165) is 18.4 Å². The lowest BCUT2D eigenvalue weighted by molar-refractivity contribution is 0.253. The summed E-state index contributed by atoms with van der Waals surface area (Å²) < 4.78 is 0. The summed E-state index contributed by atoms with van der Waals surface area (Å²) in [6.45, 7) is 0. The monoisotopic (exact) mass is 328 g/mol. The molecule has 25 heavy (non-hydrogen) atoms. The predicted octanol–water partition coefficient (Wildman–Crippen LogP) is 2.55. The highest BCUT2D eigenvalue weighted by Gasteiger charge is 2.57. The number of pyridine rings is 1. The van der Waals surface area contributed by atoms with Crippen LogP contribution in [0.3, 0.4) is 0 Å². The number of carbonyl (C=O) groups is 1. The van der Waals surface area contributed by atoms with Crippen molar-refractivity contribution < 1.29 is 4.79 Å². The number of benzene rings is 1. The van der Waals surface area contributed by atoms with Crippen LogP contribution in [0.25, 0.3) is 0 Å². The van der Waals surface area contributed by atoms with Gasteiger partial charge in [-0.1, -0.05) is 12.0 Å². The molecule has 1 saturated carbocycles. The summed E-state index contributed by atoms with van der Waals surface area (Å²) in [5.74, 6) is 3.81. The molecule has 5 nitrogen and oxygen atoms in total. The maximum Gasteiger partial charge on any atom is 0.320 e. The van der Waals surface area contributed by atoms with E-state index in [1.165, 1.54) is 17.3 Å². The van der Waals surface area contributed by atoms with E-state index in [2.05, 4.69) is 23.0 Å². The SMILES string of the molecule is C#Cc1ccc2c(c1)CC[C@@H]1C(N(C(N)=O)c3ccc(C#N)cn3)[C@H]21. The maximum atomic E-state index is 12.1. The Bertz CT molecular complexity index is 936. The van der Waals surface area contributed by atoms with E-state index in [1.54, 1.807) is 17.0 Å². The van der Waals surface area contributed by atoms with Gasteiger partial charge in [-0.2, -0.15) is 5.26 Å². The van der Waals surface area contributed by atoms with Crippen molar-refractivity contribution in [2.45, 2.75) is 24.8 Å². The molecule has 1 aromatic heterocycles. The van der Waals surface area contributed by atoms with E-state index in [9.17, 15) is 4.79 Å². The molecule has 2 aliphatic rings. The molecule has 1 heterocycles. The van der Waals surface area contributed by atoms with Crippen LogP contribution >= 0.6 is 0 Å². The standard InChI is InChI=1S/C20H16N4O/c1-2-12-3-6-15-14(9-12)5-7-16-18(15)19(16)24(20(22)25)17-8-4-13(10-21)11-23-17/h1,3-4,6,8-9,11,16,18-19H,5,7H2,(H2,22,25)/t16-,18+,19?/m0/s1. The lowest BCUT2D eigenvalue weighted by Crippen LogP contribution is -2.39. The molecule has 3 atom stereocenters. The van der Waals surface area contributed by atoms with Gasteiger partial charge in [0, 0.05) is 17.7 Å². The molecule has 2 aliphatic carbocycles. The highest BCUT2D eigenvalue weighted by molar-refractivity contribution is 5.91. The largest absolute Gasteiger partial charge is 0.351 e. The number of nitriles is 1. The lowest BCUT2D eigenvalue weighted by Gasteiger charge is -2.20. The van der Waals surface area contributed by atoms with E-state index >= 15 is 0 Å². The Balaban J connectivity index is 1.68. The van der Waals surface area contributed by atoms with Crippen molar-refractivity contribution in [2.24, 2.45) is 11.7 Å². The average molecular weight is 328 g/mol. The number of nitrogens with zero attached hydrogens (tertiary/aromatic N) is 3. The van der Waals surface area contributed by atoms with E-state index in [0.29, 0.717) is 17.3 Å². The minimum atomic E-state index is -0.515. The summed E-state index contributed by atoms with van der Waals surface area (Å²) in [6, 6.07) is 10.9. The Morgan fingerprint density at radius 2 is 2.12 bits per heavy atom. The van der Waals surface area contributed by atoms with Gasteiger partial charge in [-0.3, -0.25) is 4.90 Å². The van der Waals surface area contributed by atoms with Crippen LogP contribution in [0.1, 0.15) is 34.6 Å². The Hall–Kier alpha value is -3.31. The third-order valence-electron chi connectivity index (χ3n) is 5.20. The van der Waals surface area contributed by atoms with Crippen LogP contribution in [-0.4, -0.2) is 17.1 Å². The summed E-state index contributed by atoms with van der Waals surface area (Å²) in [7, 11) is 0. The van der Waals surface area contributed by atoms with Crippen LogP contribution in [-0.2, 0) is 6.42 Å². The van der Waals surface area contributed by atoms with Crippen molar-refractivity contribution in [3.8, 4) is 18.4 Å². The zero-order valence-electron chi connectivity index (χ0n) is 13.5. The molecule has 0 saturated heterocycles. The summed E-state index contributed by atoms with van der Waals surface area (Å²) in [5.41, 5.74) is 9.50. The molecule has 2 amide bonds. The van der Waals surface area contributed by atoms with Crippen LogP contribution in [0.2, 0.25) is 0 Å². The van der Waals surface area contributed by atoms with Gasteiger partial charge >= 0.3 is 6.03 Å². The fourth-order valence-corrected chi connectivity index (χ4v) is 4.04. The van der Waals surface area contributed by atoms with Crippen molar-refractivity contribution in [2.75, 3.05) is 4.90 Å². The minimum absolute atomic E-state index is 0.0101. The van der Waals surface area contributed by atoms with Gasteiger partial charge in [0.15, 0.2) is 0 Å². The molecule has 0 aliphatic heterocycles. The third kappa shape index (κ3) is 2.42. The number of carbonyl (C=O) groups excluding carboxylic acids is 1. The van der Waals surface area contributed by atoms with Crippen LogP contribution in [0.5, 0.6) is 0 Å². The third-order valence-corrected chi connectivity index (χ3v) is 5.20. The molecule has 1 fully saturated rings. The fraction of sp³-hybridized carbons (Fsp3) is 0.250. The van der Waals surface area contributed by atoms with Gasteiger partial charge in [-0.25, -0.2) is 9.78 Å². The fourth-order valence-electron chi connectivity index (χ4n) is 4.04. The minimum Gasteiger partial charge on any atom is -0.351 e. The number of hydrogen-bond donors (Lipinski definition) is 1. The number of primary amides is 1.